The van der Waals surface area contributed by atoms with Crippen LogP contribution in [0.3, 0.4) is 0 Å². The number of halogens is 1. The normalized spacial score (nSPS) is 13.4. The minimum Gasteiger partial charge on any atom is -0.508 e. The number of hydrogen-bond donors (Lipinski definition) is 3. The molecular weight excluding hydrogens is 292 g/mol. The minimum atomic E-state index is -0.777. The Balaban J connectivity index is 2.76. The van der Waals surface area contributed by atoms with Crippen LogP contribution in [0.2, 0.25) is 5.02 Å². The fraction of sp³-hybridized carbons (Fsp3) is 0.438. The molecule has 0 aliphatic carbocycles. The van der Waals surface area contributed by atoms with Gasteiger partial charge in [-0.3, -0.25) is 0 Å². The van der Waals surface area contributed by atoms with Crippen molar-refractivity contribution >= 4 is 11.6 Å². The molecule has 0 heterocycles. The summed E-state index contributed by atoms with van der Waals surface area (Å²) in [6.07, 6.45) is 1.26. The SMILES string of the molecule is COCC(=C=CC[C@@H](O)c1ccc(O)cc1Cl)C[C@H](C)O. The van der Waals surface area contributed by atoms with Gasteiger partial charge in [0.2, 0.25) is 0 Å². The van der Waals surface area contributed by atoms with E-state index in [0.717, 1.165) is 5.57 Å². The number of aliphatic hydroxyl groups is 2. The van der Waals surface area contributed by atoms with Crippen LogP contribution in [0.15, 0.2) is 35.6 Å². The number of methoxy groups -OCH3 is 1. The third kappa shape index (κ3) is 6.34. The molecule has 0 fully saturated rings. The number of ether oxygens (including phenoxy) is 1. The van der Waals surface area contributed by atoms with Gasteiger partial charge in [-0.2, -0.15) is 0 Å². The van der Waals surface area contributed by atoms with Crippen molar-refractivity contribution in [1.29, 1.82) is 0 Å². The summed E-state index contributed by atoms with van der Waals surface area (Å²) in [7, 11) is 1.58. The van der Waals surface area contributed by atoms with E-state index >= 15 is 0 Å². The fourth-order valence-corrected chi connectivity index (χ4v) is 2.22. The van der Waals surface area contributed by atoms with E-state index in [1.807, 2.05) is 0 Å². The van der Waals surface area contributed by atoms with Crippen molar-refractivity contribution in [3.05, 3.63) is 46.2 Å². The van der Waals surface area contributed by atoms with Crippen molar-refractivity contribution in [3.8, 4) is 5.75 Å². The lowest BCUT2D eigenvalue weighted by molar-refractivity contribution is 0.176. The smallest absolute Gasteiger partial charge is 0.117 e. The first kappa shape index (κ1) is 17.8. The maximum atomic E-state index is 10.1. The Morgan fingerprint density at radius 2 is 2.14 bits per heavy atom. The van der Waals surface area contributed by atoms with Crippen molar-refractivity contribution in [2.24, 2.45) is 0 Å². The zero-order valence-electron chi connectivity index (χ0n) is 12.2. The molecule has 0 saturated heterocycles. The van der Waals surface area contributed by atoms with Gasteiger partial charge in [-0.05, 0) is 36.3 Å². The second-order valence-electron chi connectivity index (χ2n) is 4.90. The Bertz CT molecular complexity index is 519. The molecule has 1 aromatic rings. The Morgan fingerprint density at radius 1 is 1.43 bits per heavy atom. The third-order valence-corrected chi connectivity index (χ3v) is 3.18. The molecule has 116 valence electrons. The second kappa shape index (κ2) is 8.88. The van der Waals surface area contributed by atoms with Crippen LogP contribution in [-0.2, 0) is 4.74 Å². The Kier molecular flexibility index (Phi) is 7.51. The predicted molar refractivity (Wildman–Crippen MR) is 82.5 cm³/mol. The molecule has 1 rings (SSSR count). The van der Waals surface area contributed by atoms with E-state index in [4.69, 9.17) is 16.3 Å². The zero-order chi connectivity index (χ0) is 15.8. The van der Waals surface area contributed by atoms with Crippen LogP contribution < -0.4 is 0 Å². The maximum Gasteiger partial charge on any atom is 0.117 e. The van der Waals surface area contributed by atoms with Gasteiger partial charge < -0.3 is 20.1 Å². The molecule has 0 unspecified atom stereocenters. The van der Waals surface area contributed by atoms with Gasteiger partial charge in [0, 0.05) is 20.0 Å². The quantitative estimate of drug-likeness (QED) is 0.677. The number of phenolic OH excluding ortho intramolecular Hbond substituents is 1. The van der Waals surface area contributed by atoms with Gasteiger partial charge in [-0.15, -0.1) is 5.73 Å². The molecule has 1 aromatic carbocycles. The van der Waals surface area contributed by atoms with Crippen LogP contribution in [0, 0.1) is 0 Å². The first-order valence-electron chi connectivity index (χ1n) is 6.70. The van der Waals surface area contributed by atoms with E-state index in [1.54, 1.807) is 26.2 Å². The molecule has 0 spiro atoms. The van der Waals surface area contributed by atoms with Gasteiger partial charge in [-0.25, -0.2) is 0 Å². The molecule has 0 bridgehead atoms. The van der Waals surface area contributed by atoms with Crippen LogP contribution in [0.5, 0.6) is 5.75 Å². The third-order valence-electron chi connectivity index (χ3n) is 2.85. The summed E-state index contributed by atoms with van der Waals surface area (Å²) < 4.78 is 5.04. The molecule has 5 heteroatoms. The molecule has 4 nitrogen and oxygen atoms in total. The average Bonchev–Trinajstić information content (AvgIpc) is 2.37. The summed E-state index contributed by atoms with van der Waals surface area (Å²) in [6.45, 7) is 2.08. The van der Waals surface area contributed by atoms with Crippen molar-refractivity contribution in [3.63, 3.8) is 0 Å². The predicted octanol–water partition coefficient (Wildman–Crippen LogP) is 2.97. The van der Waals surface area contributed by atoms with Gasteiger partial charge in [-0.1, -0.05) is 17.7 Å². The zero-order valence-corrected chi connectivity index (χ0v) is 13.0. The summed E-state index contributed by atoms with van der Waals surface area (Å²) in [5.41, 5.74) is 4.42. The summed E-state index contributed by atoms with van der Waals surface area (Å²) in [4.78, 5) is 0. The first-order chi connectivity index (χ1) is 9.93. The highest BCUT2D eigenvalue weighted by Crippen LogP contribution is 2.28. The van der Waals surface area contributed by atoms with E-state index < -0.39 is 12.2 Å². The van der Waals surface area contributed by atoms with E-state index in [2.05, 4.69) is 5.73 Å². The average molecular weight is 313 g/mol. The van der Waals surface area contributed by atoms with Gasteiger partial charge >= 0.3 is 0 Å². The fourth-order valence-electron chi connectivity index (χ4n) is 1.92. The molecule has 0 saturated carbocycles. The van der Waals surface area contributed by atoms with Gasteiger partial charge in [0.15, 0.2) is 0 Å². The largest absolute Gasteiger partial charge is 0.508 e. The Morgan fingerprint density at radius 3 is 2.71 bits per heavy atom. The van der Waals surface area contributed by atoms with Crippen molar-refractivity contribution in [2.75, 3.05) is 13.7 Å². The molecule has 0 aliphatic heterocycles. The number of aromatic hydroxyl groups is 1. The number of benzene rings is 1. The number of aliphatic hydroxyl groups excluding tert-OH is 2. The molecule has 0 amide bonds. The Labute approximate surface area is 130 Å². The van der Waals surface area contributed by atoms with Gasteiger partial charge in [0.1, 0.15) is 5.75 Å². The monoisotopic (exact) mass is 312 g/mol. The number of rotatable bonds is 7. The second-order valence-corrected chi connectivity index (χ2v) is 5.30. The highest BCUT2D eigenvalue weighted by atomic mass is 35.5. The first-order valence-corrected chi connectivity index (χ1v) is 7.08. The summed E-state index contributed by atoms with van der Waals surface area (Å²) in [5, 5.41) is 29.1. The topological polar surface area (TPSA) is 69.9 Å². The van der Waals surface area contributed by atoms with Crippen LogP contribution in [0.4, 0.5) is 0 Å². The van der Waals surface area contributed by atoms with Gasteiger partial charge in [0.25, 0.3) is 0 Å². The molecular formula is C16H21ClO4. The van der Waals surface area contributed by atoms with Crippen LogP contribution in [0.1, 0.15) is 31.4 Å². The summed E-state index contributed by atoms with van der Waals surface area (Å²) in [6, 6.07) is 4.46. The van der Waals surface area contributed by atoms with Gasteiger partial charge in [0.05, 0.1) is 23.8 Å². The summed E-state index contributed by atoms with van der Waals surface area (Å²) in [5.74, 6) is 0.0608. The molecule has 0 aliphatic rings. The lowest BCUT2D eigenvalue weighted by Crippen LogP contribution is -2.04. The lowest BCUT2D eigenvalue weighted by atomic mass is 10.1. The standard InChI is InChI=1S/C16H21ClO4/c1-11(18)8-12(10-21-2)4-3-5-16(20)14-7-6-13(19)9-15(14)17/h3,6-7,9,11,16,18-20H,5,8,10H2,1-2H3/t4?,11-,16+/m0/s1. The summed E-state index contributed by atoms with van der Waals surface area (Å²) >= 11 is 5.97. The molecule has 0 radical (unpaired) electrons. The maximum absolute atomic E-state index is 10.1. The van der Waals surface area contributed by atoms with Crippen LogP contribution in [0.25, 0.3) is 0 Å². The van der Waals surface area contributed by atoms with E-state index in [-0.39, 0.29) is 5.75 Å². The van der Waals surface area contributed by atoms with E-state index in [1.165, 1.54) is 12.1 Å². The molecule has 3 N–H and O–H groups in total. The molecule has 0 aromatic heterocycles. The number of hydrogen-bond acceptors (Lipinski definition) is 4. The highest BCUT2D eigenvalue weighted by Gasteiger charge is 2.10. The Hall–Kier alpha value is -1.29. The lowest BCUT2D eigenvalue weighted by Gasteiger charge is -2.10. The van der Waals surface area contributed by atoms with Crippen molar-refractivity contribution < 1.29 is 20.1 Å². The van der Waals surface area contributed by atoms with Crippen LogP contribution >= 0.6 is 11.6 Å². The van der Waals surface area contributed by atoms with E-state index in [9.17, 15) is 15.3 Å². The molecule has 21 heavy (non-hydrogen) atoms. The number of phenols is 1. The van der Waals surface area contributed by atoms with Crippen molar-refractivity contribution in [2.45, 2.75) is 32.0 Å². The highest BCUT2D eigenvalue weighted by molar-refractivity contribution is 6.31. The molecule has 2 atom stereocenters. The van der Waals surface area contributed by atoms with Crippen molar-refractivity contribution in [1.82, 2.24) is 0 Å². The minimum absolute atomic E-state index is 0.0608. The van der Waals surface area contributed by atoms with Crippen LogP contribution in [-0.4, -0.2) is 35.1 Å². The van der Waals surface area contributed by atoms with E-state index in [0.29, 0.717) is 30.0 Å².